The summed E-state index contributed by atoms with van der Waals surface area (Å²) in [7, 11) is 1.68. The van der Waals surface area contributed by atoms with Crippen molar-refractivity contribution in [3.05, 3.63) is 42.2 Å². The average Bonchev–Trinajstić information content (AvgIpc) is 2.48. The van der Waals surface area contributed by atoms with E-state index in [0.29, 0.717) is 6.04 Å². The Hall–Kier alpha value is -2.30. The van der Waals surface area contributed by atoms with E-state index >= 15 is 0 Å². The summed E-state index contributed by atoms with van der Waals surface area (Å²) in [6.45, 7) is 4.99. The van der Waals surface area contributed by atoms with Crippen molar-refractivity contribution in [3.63, 3.8) is 0 Å². The lowest BCUT2D eigenvalue weighted by Crippen LogP contribution is -2.12. The van der Waals surface area contributed by atoms with Crippen molar-refractivity contribution in [2.45, 2.75) is 26.3 Å². The third-order valence-corrected chi connectivity index (χ3v) is 2.98. The summed E-state index contributed by atoms with van der Waals surface area (Å²) < 4.78 is 5.15. The summed E-state index contributed by atoms with van der Waals surface area (Å²) >= 11 is 0. The fourth-order valence-corrected chi connectivity index (χ4v) is 1.96. The summed E-state index contributed by atoms with van der Waals surface area (Å²) in [6, 6.07) is 10.4. The van der Waals surface area contributed by atoms with Crippen LogP contribution in [0.2, 0.25) is 0 Å². The first-order chi connectivity index (χ1) is 10.2. The maximum atomic E-state index is 5.15. The molecule has 0 amide bonds. The van der Waals surface area contributed by atoms with Crippen molar-refractivity contribution in [1.82, 2.24) is 9.97 Å². The van der Waals surface area contributed by atoms with E-state index in [1.807, 2.05) is 18.2 Å². The molecular formula is C16H22N4O. The number of methoxy groups -OCH3 is 1. The van der Waals surface area contributed by atoms with Crippen LogP contribution in [0.5, 0.6) is 5.75 Å². The normalized spacial score (nSPS) is 10.5. The maximum absolute atomic E-state index is 5.15. The zero-order valence-corrected chi connectivity index (χ0v) is 12.8. The highest BCUT2D eigenvalue weighted by Gasteiger charge is 2.00. The zero-order valence-electron chi connectivity index (χ0n) is 12.8. The predicted octanol–water partition coefficient (Wildman–Crippen LogP) is 2.96. The SMILES string of the molecule is COc1ccc(CCNc2cc(NC(C)C)ncn2)cc1. The number of rotatable bonds is 7. The number of benzene rings is 1. The third kappa shape index (κ3) is 4.95. The molecule has 1 aromatic carbocycles. The van der Waals surface area contributed by atoms with Gasteiger partial charge in [0.15, 0.2) is 0 Å². The van der Waals surface area contributed by atoms with Crippen molar-refractivity contribution < 1.29 is 4.74 Å². The Morgan fingerprint density at radius 2 is 1.81 bits per heavy atom. The van der Waals surface area contributed by atoms with Gasteiger partial charge in [-0.2, -0.15) is 0 Å². The number of ether oxygens (including phenoxy) is 1. The van der Waals surface area contributed by atoms with Gasteiger partial charge in [0.05, 0.1) is 7.11 Å². The van der Waals surface area contributed by atoms with E-state index in [0.717, 1.165) is 30.4 Å². The highest BCUT2D eigenvalue weighted by molar-refractivity contribution is 5.46. The molecule has 0 bridgehead atoms. The lowest BCUT2D eigenvalue weighted by Gasteiger charge is -2.10. The minimum atomic E-state index is 0.354. The van der Waals surface area contributed by atoms with E-state index in [4.69, 9.17) is 4.74 Å². The van der Waals surface area contributed by atoms with Crippen molar-refractivity contribution in [2.24, 2.45) is 0 Å². The smallest absolute Gasteiger partial charge is 0.131 e. The third-order valence-electron chi connectivity index (χ3n) is 2.98. The molecule has 0 aliphatic rings. The van der Waals surface area contributed by atoms with Crippen LogP contribution >= 0.6 is 0 Å². The summed E-state index contributed by atoms with van der Waals surface area (Å²) in [5, 5.41) is 6.57. The van der Waals surface area contributed by atoms with Gasteiger partial charge < -0.3 is 15.4 Å². The summed E-state index contributed by atoms with van der Waals surface area (Å²) in [5.41, 5.74) is 1.26. The number of aromatic nitrogens is 2. The van der Waals surface area contributed by atoms with Gasteiger partial charge in [-0.3, -0.25) is 0 Å². The molecule has 0 fully saturated rings. The van der Waals surface area contributed by atoms with Crippen LogP contribution in [0.15, 0.2) is 36.7 Å². The minimum Gasteiger partial charge on any atom is -0.497 e. The molecule has 21 heavy (non-hydrogen) atoms. The molecule has 2 aromatic rings. The van der Waals surface area contributed by atoms with Crippen molar-refractivity contribution in [3.8, 4) is 5.75 Å². The summed E-state index contributed by atoms with van der Waals surface area (Å²) in [6.07, 6.45) is 2.50. The number of nitrogens with one attached hydrogen (secondary N) is 2. The molecule has 1 heterocycles. The molecule has 0 saturated heterocycles. The average molecular weight is 286 g/mol. The van der Waals surface area contributed by atoms with Crippen molar-refractivity contribution >= 4 is 11.6 Å². The van der Waals surface area contributed by atoms with Gasteiger partial charge in [-0.05, 0) is 38.0 Å². The van der Waals surface area contributed by atoms with Crippen LogP contribution in [0.4, 0.5) is 11.6 Å². The molecular weight excluding hydrogens is 264 g/mol. The number of nitrogens with zero attached hydrogens (tertiary/aromatic N) is 2. The zero-order chi connectivity index (χ0) is 15.1. The summed E-state index contributed by atoms with van der Waals surface area (Å²) in [4.78, 5) is 8.41. The van der Waals surface area contributed by atoms with Crippen LogP contribution in [-0.4, -0.2) is 29.7 Å². The highest BCUT2D eigenvalue weighted by Crippen LogP contribution is 2.13. The van der Waals surface area contributed by atoms with E-state index < -0.39 is 0 Å². The first-order valence-electron chi connectivity index (χ1n) is 7.13. The molecule has 5 heteroatoms. The Kier molecular flexibility index (Phi) is 5.37. The standard InChI is InChI=1S/C16H22N4O/c1-12(2)20-16-10-15(18-11-19-16)17-9-8-13-4-6-14(21-3)7-5-13/h4-7,10-12H,8-9H2,1-3H3,(H2,17,18,19,20). The van der Waals surface area contributed by atoms with E-state index in [9.17, 15) is 0 Å². The van der Waals surface area contributed by atoms with E-state index in [1.54, 1.807) is 13.4 Å². The van der Waals surface area contributed by atoms with Gasteiger partial charge >= 0.3 is 0 Å². The van der Waals surface area contributed by atoms with Gasteiger partial charge in [-0.25, -0.2) is 9.97 Å². The van der Waals surface area contributed by atoms with E-state index in [-0.39, 0.29) is 0 Å². The van der Waals surface area contributed by atoms with Crippen molar-refractivity contribution in [2.75, 3.05) is 24.3 Å². The quantitative estimate of drug-likeness (QED) is 0.819. The Morgan fingerprint density at radius 1 is 1.10 bits per heavy atom. The Labute approximate surface area is 125 Å². The van der Waals surface area contributed by atoms with Crippen LogP contribution in [0.25, 0.3) is 0 Å². The van der Waals surface area contributed by atoms with Crippen molar-refractivity contribution in [1.29, 1.82) is 0 Å². The van der Waals surface area contributed by atoms with Gasteiger partial charge in [-0.15, -0.1) is 0 Å². The molecule has 0 atom stereocenters. The lowest BCUT2D eigenvalue weighted by atomic mass is 10.1. The monoisotopic (exact) mass is 286 g/mol. The van der Waals surface area contributed by atoms with Crippen LogP contribution in [0.3, 0.4) is 0 Å². The van der Waals surface area contributed by atoms with E-state index in [2.05, 4.69) is 46.6 Å². The number of anilines is 2. The largest absolute Gasteiger partial charge is 0.497 e. The highest BCUT2D eigenvalue weighted by atomic mass is 16.5. The molecule has 2 rings (SSSR count). The minimum absolute atomic E-state index is 0.354. The summed E-state index contributed by atoms with van der Waals surface area (Å²) in [5.74, 6) is 2.56. The molecule has 5 nitrogen and oxygen atoms in total. The molecule has 0 radical (unpaired) electrons. The second kappa shape index (κ2) is 7.47. The van der Waals surface area contributed by atoms with Gasteiger partial charge in [0, 0.05) is 18.7 Å². The molecule has 0 spiro atoms. The molecule has 0 aliphatic carbocycles. The first kappa shape index (κ1) is 15.1. The van der Waals surface area contributed by atoms with Gasteiger partial charge in [0.1, 0.15) is 23.7 Å². The molecule has 0 unspecified atom stereocenters. The fraction of sp³-hybridized carbons (Fsp3) is 0.375. The lowest BCUT2D eigenvalue weighted by molar-refractivity contribution is 0.414. The topological polar surface area (TPSA) is 59.1 Å². The van der Waals surface area contributed by atoms with Crippen LogP contribution in [-0.2, 0) is 6.42 Å². The molecule has 1 aromatic heterocycles. The van der Waals surface area contributed by atoms with Gasteiger partial charge in [0.2, 0.25) is 0 Å². The number of hydrogen-bond donors (Lipinski definition) is 2. The molecule has 112 valence electrons. The predicted molar refractivity (Wildman–Crippen MR) is 86.0 cm³/mol. The van der Waals surface area contributed by atoms with Gasteiger partial charge in [0.25, 0.3) is 0 Å². The van der Waals surface area contributed by atoms with E-state index in [1.165, 1.54) is 5.56 Å². The molecule has 0 saturated carbocycles. The van der Waals surface area contributed by atoms with Crippen LogP contribution < -0.4 is 15.4 Å². The number of hydrogen-bond acceptors (Lipinski definition) is 5. The Balaban J connectivity index is 1.85. The van der Waals surface area contributed by atoms with Crippen LogP contribution in [0.1, 0.15) is 19.4 Å². The second-order valence-corrected chi connectivity index (χ2v) is 5.11. The molecule has 2 N–H and O–H groups in total. The second-order valence-electron chi connectivity index (χ2n) is 5.11. The maximum Gasteiger partial charge on any atom is 0.131 e. The van der Waals surface area contributed by atoms with Crippen LogP contribution in [0, 0.1) is 0 Å². The fourth-order valence-electron chi connectivity index (χ4n) is 1.96. The first-order valence-corrected chi connectivity index (χ1v) is 7.13. The molecule has 0 aliphatic heterocycles. The Morgan fingerprint density at radius 3 is 2.48 bits per heavy atom. The Bertz CT molecular complexity index is 554. The van der Waals surface area contributed by atoms with Gasteiger partial charge in [-0.1, -0.05) is 12.1 Å².